The van der Waals surface area contributed by atoms with E-state index in [2.05, 4.69) is 11.0 Å². The first-order valence-corrected chi connectivity index (χ1v) is 15.9. The number of fused-ring (bicyclic) bond motifs is 3. The predicted molar refractivity (Wildman–Crippen MR) is 162 cm³/mol. The lowest BCUT2D eigenvalue weighted by atomic mass is 9.77. The Labute approximate surface area is 259 Å². The van der Waals surface area contributed by atoms with Gasteiger partial charge in [-0.25, -0.2) is 4.79 Å². The van der Waals surface area contributed by atoms with E-state index < -0.39 is 41.2 Å². The summed E-state index contributed by atoms with van der Waals surface area (Å²) in [5.41, 5.74) is -1.46. The molecule has 0 aromatic heterocycles. The number of nitrogens with zero attached hydrogens (tertiary/aromatic N) is 1. The van der Waals surface area contributed by atoms with Crippen molar-refractivity contribution in [3.63, 3.8) is 0 Å². The number of benzene rings is 1. The zero-order valence-corrected chi connectivity index (χ0v) is 26.4. The Balaban J connectivity index is 1.43. The van der Waals surface area contributed by atoms with E-state index in [4.69, 9.17) is 23.7 Å². The minimum atomic E-state index is -2.14. The number of carbonyl (C=O) groups excluding carboxylic acids is 2. The van der Waals surface area contributed by atoms with Gasteiger partial charge in [-0.1, -0.05) is 12.2 Å². The lowest BCUT2D eigenvalue weighted by Gasteiger charge is -2.39. The maximum Gasteiger partial charge on any atom is 0.339 e. The molecule has 1 saturated heterocycles. The molecule has 242 valence electrons. The quantitative estimate of drug-likeness (QED) is 0.189. The number of rotatable bonds is 13. The first-order chi connectivity index (χ1) is 21.0. The lowest BCUT2D eigenvalue weighted by Crippen LogP contribution is -2.49. The standard InChI is InChI=1S/C34H47NO9/c1-5-6-7-8-17-41-28(36)21-34(39,14-9-12-32(2,3)38)31(37)44-30-27(40-4)20-33-13-10-15-35(33)16-11-23-18-25-26(43-22-42-25)19-24(23)29(30)33/h5-6,18-20,29-30,38-39H,7-17,21-22H2,1-4H3/b6-5+. The van der Waals surface area contributed by atoms with Gasteiger partial charge in [-0.05, 0) is 108 Å². The Morgan fingerprint density at radius 1 is 1.14 bits per heavy atom. The van der Waals surface area contributed by atoms with Crippen LogP contribution in [0.3, 0.4) is 0 Å². The van der Waals surface area contributed by atoms with Gasteiger partial charge in [-0.3, -0.25) is 9.69 Å². The molecular formula is C34H47NO9. The number of methoxy groups -OCH3 is 1. The Morgan fingerprint density at radius 3 is 2.64 bits per heavy atom. The smallest absolute Gasteiger partial charge is 0.339 e. The van der Waals surface area contributed by atoms with Crippen molar-refractivity contribution in [1.29, 1.82) is 0 Å². The van der Waals surface area contributed by atoms with Crippen molar-refractivity contribution in [2.75, 3.05) is 33.6 Å². The first-order valence-electron chi connectivity index (χ1n) is 15.9. The maximum absolute atomic E-state index is 14.0. The van der Waals surface area contributed by atoms with Gasteiger partial charge in [0, 0.05) is 6.54 Å². The fraction of sp³-hybridized carbons (Fsp3) is 0.647. The second kappa shape index (κ2) is 13.1. The van der Waals surface area contributed by atoms with E-state index in [0.29, 0.717) is 36.5 Å². The number of esters is 2. The zero-order chi connectivity index (χ0) is 31.5. The molecule has 4 atom stereocenters. The predicted octanol–water partition coefficient (Wildman–Crippen LogP) is 4.31. The number of aliphatic hydroxyl groups is 2. The summed E-state index contributed by atoms with van der Waals surface area (Å²) in [6.07, 6.45) is 9.25. The van der Waals surface area contributed by atoms with E-state index >= 15 is 0 Å². The SMILES string of the molecule is C/C=C/CCCOC(=O)CC(O)(CCCC(C)(C)O)C(=O)OC1C(OC)=CC23CCCN2CCc2cc4c(cc2C13)OCO4. The van der Waals surface area contributed by atoms with Crippen LogP contribution in [0, 0.1) is 0 Å². The molecule has 0 amide bonds. The molecule has 1 aromatic carbocycles. The molecule has 3 heterocycles. The van der Waals surface area contributed by atoms with E-state index in [9.17, 15) is 19.8 Å². The Kier molecular flexibility index (Phi) is 9.63. The van der Waals surface area contributed by atoms with E-state index in [-0.39, 0.29) is 25.7 Å². The molecule has 0 radical (unpaired) electrons. The average molecular weight is 614 g/mol. The van der Waals surface area contributed by atoms with Crippen molar-refractivity contribution >= 4 is 11.9 Å². The Bertz CT molecular complexity index is 1280. The molecule has 0 saturated carbocycles. The second-order valence-electron chi connectivity index (χ2n) is 13.1. The monoisotopic (exact) mass is 613 g/mol. The van der Waals surface area contributed by atoms with Gasteiger partial charge in [0.2, 0.25) is 6.79 Å². The molecule has 1 aliphatic carbocycles. The molecule has 4 unspecified atom stereocenters. The number of carbonyl (C=O) groups is 2. The van der Waals surface area contributed by atoms with Crippen LogP contribution in [0.2, 0.25) is 0 Å². The van der Waals surface area contributed by atoms with Gasteiger partial charge in [0.05, 0.1) is 37.2 Å². The molecular weight excluding hydrogens is 566 g/mol. The van der Waals surface area contributed by atoms with Crippen LogP contribution in [0.1, 0.15) is 89.2 Å². The van der Waals surface area contributed by atoms with E-state index in [1.54, 1.807) is 21.0 Å². The Morgan fingerprint density at radius 2 is 1.91 bits per heavy atom. The number of ether oxygens (including phenoxy) is 5. The van der Waals surface area contributed by atoms with E-state index in [0.717, 1.165) is 49.9 Å². The highest BCUT2D eigenvalue weighted by Crippen LogP contribution is 2.55. The van der Waals surface area contributed by atoms with Gasteiger partial charge in [0.1, 0.15) is 5.76 Å². The van der Waals surface area contributed by atoms with E-state index in [1.165, 1.54) is 0 Å². The zero-order valence-electron chi connectivity index (χ0n) is 26.4. The molecule has 10 heteroatoms. The molecule has 1 aromatic rings. The summed E-state index contributed by atoms with van der Waals surface area (Å²) in [6.45, 7) is 7.34. The van der Waals surface area contributed by atoms with Gasteiger partial charge in [-0.15, -0.1) is 0 Å². The minimum Gasteiger partial charge on any atom is -0.497 e. The van der Waals surface area contributed by atoms with Crippen LogP contribution in [0.15, 0.2) is 36.1 Å². The molecule has 5 rings (SSSR count). The van der Waals surface area contributed by atoms with Crippen LogP contribution in [-0.4, -0.2) is 83.5 Å². The molecule has 10 nitrogen and oxygen atoms in total. The number of unbranched alkanes of at least 4 members (excludes halogenated alkanes) is 1. The lowest BCUT2D eigenvalue weighted by molar-refractivity contribution is -0.179. The minimum absolute atomic E-state index is 0.0700. The van der Waals surface area contributed by atoms with Crippen LogP contribution in [-0.2, 0) is 30.2 Å². The second-order valence-corrected chi connectivity index (χ2v) is 13.1. The van der Waals surface area contributed by atoms with Crippen molar-refractivity contribution in [3.8, 4) is 11.5 Å². The fourth-order valence-corrected chi connectivity index (χ4v) is 7.24. The summed E-state index contributed by atoms with van der Waals surface area (Å²) in [4.78, 5) is 29.4. The normalized spacial score (nSPS) is 25.5. The van der Waals surface area contributed by atoms with Crippen molar-refractivity contribution < 1.29 is 43.5 Å². The molecule has 4 aliphatic rings. The summed E-state index contributed by atoms with van der Waals surface area (Å²) >= 11 is 0. The van der Waals surface area contributed by atoms with E-state index in [1.807, 2.05) is 31.2 Å². The number of hydrogen-bond donors (Lipinski definition) is 2. The van der Waals surface area contributed by atoms with Crippen LogP contribution in [0.25, 0.3) is 0 Å². The van der Waals surface area contributed by atoms with Crippen molar-refractivity contribution in [3.05, 3.63) is 47.2 Å². The highest BCUT2D eigenvalue weighted by molar-refractivity contribution is 5.86. The summed E-state index contributed by atoms with van der Waals surface area (Å²) in [7, 11) is 1.56. The van der Waals surface area contributed by atoms with Gasteiger partial charge >= 0.3 is 11.9 Å². The highest BCUT2D eigenvalue weighted by atomic mass is 16.7. The van der Waals surface area contributed by atoms with Crippen molar-refractivity contribution in [2.45, 2.75) is 107 Å². The Hall–Kier alpha value is -3.08. The van der Waals surface area contributed by atoms with Gasteiger partial charge in [0.15, 0.2) is 23.2 Å². The first kappa shape index (κ1) is 32.3. The van der Waals surface area contributed by atoms with Gasteiger partial charge < -0.3 is 33.9 Å². The molecule has 44 heavy (non-hydrogen) atoms. The third-order valence-electron chi connectivity index (χ3n) is 9.41. The fourth-order valence-electron chi connectivity index (χ4n) is 7.24. The van der Waals surface area contributed by atoms with Crippen molar-refractivity contribution in [1.82, 2.24) is 4.90 Å². The summed E-state index contributed by atoms with van der Waals surface area (Å²) in [5.74, 6) is -0.00661. The van der Waals surface area contributed by atoms with Crippen LogP contribution >= 0.6 is 0 Å². The average Bonchev–Trinajstić information content (AvgIpc) is 3.65. The van der Waals surface area contributed by atoms with Gasteiger partial charge in [-0.2, -0.15) is 0 Å². The number of hydrogen-bond acceptors (Lipinski definition) is 10. The summed E-state index contributed by atoms with van der Waals surface area (Å²) in [6, 6.07) is 4.02. The topological polar surface area (TPSA) is 124 Å². The maximum atomic E-state index is 14.0. The molecule has 2 N–H and O–H groups in total. The summed E-state index contributed by atoms with van der Waals surface area (Å²) in [5, 5.41) is 22.1. The third-order valence-corrected chi connectivity index (χ3v) is 9.41. The highest BCUT2D eigenvalue weighted by Gasteiger charge is 2.59. The van der Waals surface area contributed by atoms with Gasteiger partial charge in [0.25, 0.3) is 0 Å². The van der Waals surface area contributed by atoms with Crippen LogP contribution < -0.4 is 9.47 Å². The molecule has 1 fully saturated rings. The molecule has 0 bridgehead atoms. The number of allylic oxidation sites excluding steroid dienone is 2. The third kappa shape index (κ3) is 6.62. The van der Waals surface area contributed by atoms with Crippen LogP contribution in [0.5, 0.6) is 11.5 Å². The van der Waals surface area contributed by atoms with Crippen molar-refractivity contribution in [2.24, 2.45) is 0 Å². The largest absolute Gasteiger partial charge is 0.497 e. The van der Waals surface area contributed by atoms with Crippen LogP contribution in [0.4, 0.5) is 0 Å². The summed E-state index contributed by atoms with van der Waals surface area (Å²) < 4.78 is 28.9. The molecule has 3 aliphatic heterocycles. The molecule has 1 spiro atoms.